The summed E-state index contributed by atoms with van der Waals surface area (Å²) >= 11 is 0. The van der Waals surface area contributed by atoms with Crippen LogP contribution >= 0.6 is 0 Å². The van der Waals surface area contributed by atoms with Gasteiger partial charge in [-0.15, -0.1) is 0 Å². The standard InChI is InChI=1S/C40H52O4.2H2/c1-3-4-6-9-31-14-18-34(19-15-31)36-24-26-39(27-25-36)44-43-29-38(32-10-7-5-8-11-32)28-42-40(41)37-22-20-35(21-23-37)33-16-12-30(2)13-17-33;;/h5,7-8,10-11,20-27,30-31,33-34,38H,3-4,6,9,12-19,28-29H2,1-2H3;2*1H. The molecule has 2 aliphatic carbocycles. The highest BCUT2D eigenvalue weighted by atomic mass is 17.2. The molecule has 3 aromatic rings. The lowest BCUT2D eigenvalue weighted by Gasteiger charge is -2.29. The molecule has 0 saturated heterocycles. The Balaban J connectivity index is 0.00000288. The summed E-state index contributed by atoms with van der Waals surface area (Å²) < 4.78 is 5.79. The number of hydrogen-bond acceptors (Lipinski definition) is 4. The normalized spacial score (nSPS) is 22.7. The monoisotopic (exact) mass is 600 g/mol. The van der Waals surface area contributed by atoms with Crippen LogP contribution in [-0.4, -0.2) is 19.2 Å². The van der Waals surface area contributed by atoms with Gasteiger partial charge >= 0.3 is 5.97 Å². The first-order valence-corrected chi connectivity index (χ1v) is 17.3. The SMILES string of the molecule is CCCCCC1CCC(c2ccc(OOCC(COC(=O)c3ccc(C4CCC(C)CC4)cc3)c3ccccc3)cc2)CC1.[HH].[HH]. The van der Waals surface area contributed by atoms with Gasteiger partial charge in [0, 0.05) is 8.77 Å². The second-order valence-corrected chi connectivity index (χ2v) is 13.4. The summed E-state index contributed by atoms with van der Waals surface area (Å²) in [5, 5.41) is 0. The summed E-state index contributed by atoms with van der Waals surface area (Å²) in [5.74, 6) is 3.24. The predicted molar refractivity (Wildman–Crippen MR) is 182 cm³/mol. The molecule has 2 aliphatic rings. The number of esters is 1. The van der Waals surface area contributed by atoms with Gasteiger partial charge in [-0.1, -0.05) is 107 Å². The quantitative estimate of drug-likeness (QED) is 0.0799. The molecule has 0 radical (unpaired) electrons. The molecule has 0 N–H and O–H groups in total. The molecule has 1 atom stereocenters. The lowest BCUT2D eigenvalue weighted by atomic mass is 9.77. The number of unbranched alkanes of at least 4 members (excludes halogenated alkanes) is 2. The second-order valence-electron chi connectivity index (χ2n) is 13.4. The van der Waals surface area contributed by atoms with Crippen LogP contribution in [-0.2, 0) is 9.62 Å². The smallest absolute Gasteiger partial charge is 0.338 e. The summed E-state index contributed by atoms with van der Waals surface area (Å²) in [6.45, 7) is 5.12. The Hall–Kier alpha value is -3.11. The molecule has 4 heteroatoms. The van der Waals surface area contributed by atoms with Crippen LogP contribution in [0.3, 0.4) is 0 Å². The Labute approximate surface area is 268 Å². The van der Waals surface area contributed by atoms with Gasteiger partial charge in [0.25, 0.3) is 0 Å². The van der Waals surface area contributed by atoms with Crippen molar-refractivity contribution in [3.8, 4) is 5.75 Å². The summed E-state index contributed by atoms with van der Waals surface area (Å²) in [5.41, 5.74) is 4.37. The number of carbonyl (C=O) groups excluding carboxylic acids is 1. The minimum atomic E-state index is -0.304. The minimum Gasteiger partial charge on any atom is -0.461 e. The molecule has 44 heavy (non-hydrogen) atoms. The highest BCUT2D eigenvalue weighted by molar-refractivity contribution is 5.89. The van der Waals surface area contributed by atoms with Crippen molar-refractivity contribution in [2.75, 3.05) is 13.2 Å². The van der Waals surface area contributed by atoms with E-state index in [1.807, 2.05) is 54.6 Å². The van der Waals surface area contributed by atoms with Crippen molar-refractivity contribution < 1.29 is 22.2 Å². The van der Waals surface area contributed by atoms with Crippen LogP contribution in [0, 0.1) is 11.8 Å². The average molecular weight is 601 g/mol. The topological polar surface area (TPSA) is 44.8 Å². The molecule has 5 rings (SSSR count). The molecule has 0 aliphatic heterocycles. The molecule has 240 valence electrons. The van der Waals surface area contributed by atoms with Crippen molar-refractivity contribution in [1.82, 2.24) is 0 Å². The van der Waals surface area contributed by atoms with Gasteiger partial charge in [-0.05, 0) is 103 Å². The third-order valence-corrected chi connectivity index (χ3v) is 10.2. The van der Waals surface area contributed by atoms with Gasteiger partial charge in [0.2, 0.25) is 0 Å². The van der Waals surface area contributed by atoms with Crippen molar-refractivity contribution in [3.63, 3.8) is 0 Å². The highest BCUT2D eigenvalue weighted by Gasteiger charge is 2.23. The second kappa shape index (κ2) is 16.8. The largest absolute Gasteiger partial charge is 0.461 e. The molecule has 0 aromatic heterocycles. The van der Waals surface area contributed by atoms with Gasteiger partial charge in [0.1, 0.15) is 13.2 Å². The highest BCUT2D eigenvalue weighted by Crippen LogP contribution is 2.38. The van der Waals surface area contributed by atoms with Gasteiger partial charge in [-0.3, -0.25) is 0 Å². The molecular formula is C40H56O4. The fourth-order valence-corrected chi connectivity index (χ4v) is 7.16. The van der Waals surface area contributed by atoms with E-state index in [-0.39, 0.29) is 28.0 Å². The zero-order valence-corrected chi connectivity index (χ0v) is 26.9. The fraction of sp³-hybridized carbons (Fsp3) is 0.525. The molecule has 3 aromatic carbocycles. The number of benzene rings is 3. The zero-order valence-electron chi connectivity index (χ0n) is 26.9. The van der Waals surface area contributed by atoms with Crippen LogP contribution in [0.15, 0.2) is 78.9 Å². The first kappa shape index (κ1) is 32.3. The third-order valence-electron chi connectivity index (χ3n) is 10.2. The van der Waals surface area contributed by atoms with Crippen molar-refractivity contribution in [3.05, 3.63) is 101 Å². The first-order valence-electron chi connectivity index (χ1n) is 17.3. The minimum absolute atomic E-state index is 0. The van der Waals surface area contributed by atoms with Crippen molar-refractivity contribution in [2.45, 2.75) is 109 Å². The lowest BCUT2D eigenvalue weighted by Crippen LogP contribution is -2.18. The van der Waals surface area contributed by atoms with Crippen molar-refractivity contribution in [2.24, 2.45) is 11.8 Å². The maximum Gasteiger partial charge on any atom is 0.338 e. The summed E-state index contributed by atoms with van der Waals surface area (Å²) in [6, 6.07) is 26.5. The van der Waals surface area contributed by atoms with Gasteiger partial charge in [0.15, 0.2) is 5.75 Å². The Bertz CT molecular complexity index is 1250. The van der Waals surface area contributed by atoms with Crippen LogP contribution in [0.25, 0.3) is 0 Å². The zero-order chi connectivity index (χ0) is 30.6. The number of rotatable bonds is 14. The van der Waals surface area contributed by atoms with E-state index in [4.69, 9.17) is 14.5 Å². The molecule has 0 amide bonds. The Morgan fingerprint density at radius 2 is 1.36 bits per heavy atom. The van der Waals surface area contributed by atoms with E-state index in [0.29, 0.717) is 23.1 Å². The molecule has 1 unspecified atom stereocenters. The van der Waals surface area contributed by atoms with E-state index in [0.717, 1.165) is 17.4 Å². The molecule has 2 saturated carbocycles. The number of ether oxygens (including phenoxy) is 1. The van der Waals surface area contributed by atoms with E-state index < -0.39 is 0 Å². The van der Waals surface area contributed by atoms with Crippen molar-refractivity contribution in [1.29, 1.82) is 0 Å². The molecule has 2 fully saturated rings. The molecule has 0 spiro atoms. The molecule has 0 bridgehead atoms. The van der Waals surface area contributed by atoms with E-state index >= 15 is 0 Å². The van der Waals surface area contributed by atoms with E-state index in [1.54, 1.807) is 0 Å². The van der Waals surface area contributed by atoms with E-state index in [1.165, 1.54) is 88.2 Å². The predicted octanol–water partition coefficient (Wildman–Crippen LogP) is 11.3. The fourth-order valence-electron chi connectivity index (χ4n) is 7.16. The summed E-state index contributed by atoms with van der Waals surface area (Å²) in [7, 11) is 0. The molecule has 4 nitrogen and oxygen atoms in total. The number of carbonyl (C=O) groups is 1. The maximum atomic E-state index is 13.0. The van der Waals surface area contributed by atoms with Crippen LogP contribution < -0.4 is 4.89 Å². The Morgan fingerprint density at radius 1 is 0.750 bits per heavy atom. The summed E-state index contributed by atoms with van der Waals surface area (Å²) in [4.78, 5) is 24.4. The third kappa shape index (κ3) is 9.44. The summed E-state index contributed by atoms with van der Waals surface area (Å²) in [6.07, 6.45) is 15.8. The van der Waals surface area contributed by atoms with Crippen molar-refractivity contribution >= 4 is 5.97 Å². The maximum absolute atomic E-state index is 13.0. The van der Waals surface area contributed by atoms with Crippen LogP contribution in [0.5, 0.6) is 5.75 Å². The van der Waals surface area contributed by atoms with Gasteiger partial charge in [0.05, 0.1) is 5.56 Å². The van der Waals surface area contributed by atoms with E-state index in [2.05, 4.69) is 38.1 Å². The van der Waals surface area contributed by atoms with Gasteiger partial charge < -0.3 is 9.62 Å². The Morgan fingerprint density at radius 3 is 2.00 bits per heavy atom. The molecule has 0 heterocycles. The Kier molecular flexibility index (Phi) is 12.3. The van der Waals surface area contributed by atoms with E-state index in [9.17, 15) is 4.79 Å². The average Bonchev–Trinajstić information content (AvgIpc) is 3.08. The van der Waals surface area contributed by atoms with Crippen LogP contribution in [0.1, 0.15) is 139 Å². The van der Waals surface area contributed by atoms with Crippen LogP contribution in [0.2, 0.25) is 0 Å². The van der Waals surface area contributed by atoms with Gasteiger partial charge in [-0.25, -0.2) is 4.79 Å². The van der Waals surface area contributed by atoms with Crippen LogP contribution in [0.4, 0.5) is 0 Å². The van der Waals surface area contributed by atoms with Gasteiger partial charge in [-0.2, -0.15) is 4.89 Å². The first-order chi connectivity index (χ1) is 21.6. The molecular weight excluding hydrogens is 544 g/mol. The lowest BCUT2D eigenvalue weighted by molar-refractivity contribution is -0.212. The number of hydrogen-bond donors (Lipinski definition) is 0.